The molecule has 1 aromatic rings. The Labute approximate surface area is 154 Å². The summed E-state index contributed by atoms with van der Waals surface area (Å²) in [6.07, 6.45) is 0.831. The first-order chi connectivity index (χ1) is 12.4. The quantitative estimate of drug-likeness (QED) is 0.546. The van der Waals surface area contributed by atoms with E-state index in [2.05, 4.69) is 5.32 Å². The SMILES string of the molecule is CCN(CC(=O)NCCC[NH+]1CCOCC1)S(=O)(=O)c1ccc(F)cc1. The van der Waals surface area contributed by atoms with Gasteiger partial charge in [-0.3, -0.25) is 4.79 Å². The molecule has 2 rings (SSSR count). The predicted octanol–water partition coefficient (Wildman–Crippen LogP) is -0.742. The van der Waals surface area contributed by atoms with Crippen molar-refractivity contribution < 1.29 is 27.2 Å². The Morgan fingerprint density at radius 2 is 1.92 bits per heavy atom. The lowest BCUT2D eigenvalue weighted by Gasteiger charge is -2.23. The highest BCUT2D eigenvalue weighted by atomic mass is 32.2. The average molecular weight is 388 g/mol. The van der Waals surface area contributed by atoms with E-state index in [1.807, 2.05) is 0 Å². The van der Waals surface area contributed by atoms with Crippen LogP contribution in [0.25, 0.3) is 0 Å². The number of nitrogens with one attached hydrogen (secondary N) is 2. The van der Waals surface area contributed by atoms with Crippen molar-refractivity contribution >= 4 is 15.9 Å². The molecule has 26 heavy (non-hydrogen) atoms. The Balaban J connectivity index is 1.80. The fourth-order valence-corrected chi connectivity index (χ4v) is 4.22. The van der Waals surface area contributed by atoms with Gasteiger partial charge in [-0.1, -0.05) is 6.92 Å². The summed E-state index contributed by atoms with van der Waals surface area (Å²) >= 11 is 0. The first-order valence-corrected chi connectivity index (χ1v) is 10.3. The highest BCUT2D eigenvalue weighted by Gasteiger charge is 2.25. The van der Waals surface area contributed by atoms with Crippen LogP contribution in [-0.4, -0.2) is 71.1 Å². The van der Waals surface area contributed by atoms with Gasteiger partial charge in [0.05, 0.1) is 31.2 Å². The molecule has 9 heteroatoms. The molecule has 1 saturated heterocycles. The number of morpholine rings is 1. The minimum atomic E-state index is -3.82. The maximum atomic E-state index is 13.0. The summed E-state index contributed by atoms with van der Waals surface area (Å²) in [5.41, 5.74) is 0. The van der Waals surface area contributed by atoms with E-state index in [0.717, 1.165) is 55.7 Å². The second-order valence-corrected chi connectivity index (χ2v) is 8.14. The van der Waals surface area contributed by atoms with Crippen LogP contribution in [0.1, 0.15) is 13.3 Å². The van der Waals surface area contributed by atoms with Gasteiger partial charge in [0.25, 0.3) is 0 Å². The van der Waals surface area contributed by atoms with Crippen molar-refractivity contribution in [2.24, 2.45) is 0 Å². The predicted molar refractivity (Wildman–Crippen MR) is 94.8 cm³/mol. The monoisotopic (exact) mass is 388 g/mol. The Hall–Kier alpha value is -1.55. The summed E-state index contributed by atoms with van der Waals surface area (Å²) in [4.78, 5) is 13.5. The van der Waals surface area contributed by atoms with Crippen molar-refractivity contribution in [2.45, 2.75) is 18.2 Å². The summed E-state index contributed by atoms with van der Waals surface area (Å²) < 4.78 is 44.5. The Bertz CT molecular complexity index is 676. The lowest BCUT2D eigenvalue weighted by atomic mass is 10.3. The van der Waals surface area contributed by atoms with Crippen LogP contribution < -0.4 is 10.2 Å². The molecule has 1 aliphatic heterocycles. The number of quaternary nitrogens is 1. The third-order valence-electron chi connectivity index (χ3n) is 4.35. The molecule has 1 aromatic carbocycles. The van der Waals surface area contributed by atoms with Crippen LogP contribution in [0.3, 0.4) is 0 Å². The molecule has 146 valence electrons. The molecule has 0 aromatic heterocycles. The molecule has 1 amide bonds. The van der Waals surface area contributed by atoms with Crippen molar-refractivity contribution in [3.8, 4) is 0 Å². The number of rotatable bonds is 9. The lowest BCUT2D eigenvalue weighted by molar-refractivity contribution is -0.908. The van der Waals surface area contributed by atoms with Gasteiger partial charge in [-0.15, -0.1) is 0 Å². The zero-order valence-electron chi connectivity index (χ0n) is 15.0. The van der Waals surface area contributed by atoms with Gasteiger partial charge in [-0.25, -0.2) is 12.8 Å². The van der Waals surface area contributed by atoms with Crippen molar-refractivity contribution in [1.82, 2.24) is 9.62 Å². The Kier molecular flexibility index (Phi) is 7.95. The zero-order chi connectivity index (χ0) is 19.0. The molecule has 0 radical (unpaired) electrons. The molecule has 0 bridgehead atoms. The van der Waals surface area contributed by atoms with Gasteiger partial charge in [-0.05, 0) is 24.3 Å². The molecule has 0 aliphatic carbocycles. The minimum Gasteiger partial charge on any atom is -0.370 e. The van der Waals surface area contributed by atoms with Crippen LogP contribution in [0.4, 0.5) is 4.39 Å². The summed E-state index contributed by atoms with van der Waals surface area (Å²) in [5, 5.41) is 2.77. The van der Waals surface area contributed by atoms with Gasteiger partial charge in [0.1, 0.15) is 18.9 Å². The molecule has 0 spiro atoms. The topological polar surface area (TPSA) is 80.2 Å². The highest BCUT2D eigenvalue weighted by molar-refractivity contribution is 7.89. The van der Waals surface area contributed by atoms with E-state index in [0.29, 0.717) is 6.54 Å². The normalized spacial score (nSPS) is 16.0. The van der Waals surface area contributed by atoms with Gasteiger partial charge in [0.15, 0.2) is 0 Å². The third kappa shape index (κ3) is 6.01. The number of carbonyl (C=O) groups is 1. The van der Waals surface area contributed by atoms with E-state index in [1.165, 1.54) is 17.0 Å². The highest BCUT2D eigenvalue weighted by Crippen LogP contribution is 2.15. The van der Waals surface area contributed by atoms with Crippen LogP contribution in [0.5, 0.6) is 0 Å². The molecule has 7 nitrogen and oxygen atoms in total. The summed E-state index contributed by atoms with van der Waals surface area (Å²) in [7, 11) is -3.82. The largest absolute Gasteiger partial charge is 0.370 e. The molecule has 1 fully saturated rings. The van der Waals surface area contributed by atoms with Gasteiger partial charge >= 0.3 is 0 Å². The maximum absolute atomic E-state index is 13.0. The van der Waals surface area contributed by atoms with Crippen molar-refractivity contribution in [3.05, 3.63) is 30.1 Å². The molecule has 0 saturated carbocycles. The van der Waals surface area contributed by atoms with Crippen LogP contribution in [0.15, 0.2) is 29.2 Å². The Morgan fingerprint density at radius 3 is 2.54 bits per heavy atom. The van der Waals surface area contributed by atoms with Crippen LogP contribution >= 0.6 is 0 Å². The maximum Gasteiger partial charge on any atom is 0.243 e. The van der Waals surface area contributed by atoms with E-state index >= 15 is 0 Å². The number of hydrogen-bond acceptors (Lipinski definition) is 4. The standard InChI is InChI=1S/C17H26FN3O4S/c1-2-21(26(23,24)16-6-4-15(18)5-7-16)14-17(22)19-8-3-9-20-10-12-25-13-11-20/h4-7H,2-3,8-14H2,1H3,(H,19,22)/p+1. The van der Waals surface area contributed by atoms with E-state index in [1.54, 1.807) is 6.92 Å². The summed E-state index contributed by atoms with van der Waals surface area (Å²) in [6.45, 7) is 6.54. The fourth-order valence-electron chi connectivity index (χ4n) is 2.81. The van der Waals surface area contributed by atoms with E-state index < -0.39 is 15.8 Å². The van der Waals surface area contributed by atoms with E-state index in [-0.39, 0.29) is 23.9 Å². The number of hydrogen-bond donors (Lipinski definition) is 2. The van der Waals surface area contributed by atoms with Gasteiger partial charge < -0.3 is 15.0 Å². The number of carbonyl (C=O) groups excluding carboxylic acids is 1. The number of likely N-dealkylation sites (N-methyl/N-ethyl adjacent to an activating group) is 1. The number of amides is 1. The molecule has 1 heterocycles. The van der Waals surface area contributed by atoms with Crippen molar-refractivity contribution in [3.63, 3.8) is 0 Å². The molecule has 2 N–H and O–H groups in total. The van der Waals surface area contributed by atoms with Crippen LogP contribution in [0.2, 0.25) is 0 Å². The minimum absolute atomic E-state index is 0.0236. The third-order valence-corrected chi connectivity index (χ3v) is 6.29. The van der Waals surface area contributed by atoms with Gasteiger partial charge in [-0.2, -0.15) is 4.31 Å². The van der Waals surface area contributed by atoms with Gasteiger partial charge in [0.2, 0.25) is 15.9 Å². The molecule has 0 atom stereocenters. The second-order valence-electron chi connectivity index (χ2n) is 6.20. The molecular weight excluding hydrogens is 361 g/mol. The first kappa shape index (κ1) is 20.8. The number of nitrogens with zero attached hydrogens (tertiary/aromatic N) is 1. The number of ether oxygens (including phenoxy) is 1. The molecular formula is C17H27FN3O4S+. The number of benzene rings is 1. The molecule has 0 unspecified atom stereocenters. The van der Waals surface area contributed by atoms with E-state index in [9.17, 15) is 17.6 Å². The van der Waals surface area contributed by atoms with E-state index in [4.69, 9.17) is 4.74 Å². The number of halogens is 1. The number of sulfonamides is 1. The van der Waals surface area contributed by atoms with Crippen molar-refractivity contribution in [1.29, 1.82) is 0 Å². The Morgan fingerprint density at radius 1 is 1.27 bits per heavy atom. The molecule has 1 aliphatic rings. The second kappa shape index (κ2) is 9.96. The first-order valence-electron chi connectivity index (χ1n) is 8.87. The summed E-state index contributed by atoms with van der Waals surface area (Å²) in [5.74, 6) is -0.846. The van der Waals surface area contributed by atoms with Crippen LogP contribution in [-0.2, 0) is 19.6 Å². The zero-order valence-corrected chi connectivity index (χ0v) is 15.9. The van der Waals surface area contributed by atoms with Crippen molar-refractivity contribution in [2.75, 3.05) is 52.5 Å². The average Bonchev–Trinajstić information content (AvgIpc) is 2.64. The fraction of sp³-hybridized carbons (Fsp3) is 0.588. The summed E-state index contributed by atoms with van der Waals surface area (Å²) in [6, 6.07) is 4.59. The smallest absolute Gasteiger partial charge is 0.243 e. The van der Waals surface area contributed by atoms with Crippen LogP contribution in [0, 0.1) is 5.82 Å². The lowest BCUT2D eigenvalue weighted by Crippen LogP contribution is -3.14. The van der Waals surface area contributed by atoms with Gasteiger partial charge in [0, 0.05) is 19.5 Å².